The molecule has 0 aliphatic carbocycles. The fraction of sp³-hybridized carbons (Fsp3) is 0.833. The zero-order valence-electron chi connectivity index (χ0n) is 12.6. The number of primary sulfonamides is 1. The summed E-state index contributed by atoms with van der Waals surface area (Å²) in [6.07, 6.45) is 1.81. The lowest BCUT2D eigenvalue weighted by Gasteiger charge is -2.32. The van der Waals surface area contributed by atoms with Crippen LogP contribution in [0.5, 0.6) is 0 Å². The van der Waals surface area contributed by atoms with Crippen molar-refractivity contribution in [3.63, 3.8) is 0 Å². The number of hydrogen-bond donors (Lipinski definition) is 1. The Labute approximate surface area is 120 Å². The SMILES string of the molecule is CC(CC/C=C(\F)B1OC(C)(C)C(C)(C)O1)S(N)(=O)=O. The van der Waals surface area contributed by atoms with Crippen LogP contribution >= 0.6 is 0 Å². The van der Waals surface area contributed by atoms with Crippen LogP contribution in [0.4, 0.5) is 4.39 Å². The predicted octanol–water partition coefficient (Wildman–Crippen LogP) is 1.93. The zero-order valence-corrected chi connectivity index (χ0v) is 13.5. The van der Waals surface area contributed by atoms with Gasteiger partial charge in [0.25, 0.3) is 0 Å². The molecule has 0 saturated carbocycles. The van der Waals surface area contributed by atoms with Crippen LogP contribution in [0.25, 0.3) is 0 Å². The number of sulfonamides is 1. The van der Waals surface area contributed by atoms with Crippen molar-refractivity contribution in [3.05, 3.63) is 11.8 Å². The van der Waals surface area contributed by atoms with Crippen LogP contribution in [-0.4, -0.2) is 32.0 Å². The molecule has 8 heteroatoms. The van der Waals surface area contributed by atoms with Crippen LogP contribution < -0.4 is 5.14 Å². The highest BCUT2D eigenvalue weighted by Gasteiger charge is 2.52. The average Bonchev–Trinajstić information content (AvgIpc) is 2.46. The maximum atomic E-state index is 14.0. The van der Waals surface area contributed by atoms with Gasteiger partial charge in [-0.05, 0) is 47.5 Å². The summed E-state index contributed by atoms with van der Waals surface area (Å²) in [5, 5.41) is 4.29. The zero-order chi connectivity index (χ0) is 15.8. The fourth-order valence-electron chi connectivity index (χ4n) is 1.67. The van der Waals surface area contributed by atoms with Crippen molar-refractivity contribution in [2.24, 2.45) is 5.14 Å². The van der Waals surface area contributed by atoms with Crippen LogP contribution in [0.2, 0.25) is 0 Å². The Morgan fingerprint density at radius 2 is 1.75 bits per heavy atom. The Hall–Kier alpha value is -0.435. The smallest absolute Gasteiger partial charge is 0.398 e. The normalized spacial score (nSPS) is 23.9. The molecule has 1 aliphatic rings. The van der Waals surface area contributed by atoms with E-state index in [9.17, 15) is 12.8 Å². The van der Waals surface area contributed by atoms with Gasteiger partial charge in [-0.2, -0.15) is 0 Å². The van der Waals surface area contributed by atoms with Crippen LogP contribution in [0.1, 0.15) is 47.5 Å². The monoisotopic (exact) mass is 307 g/mol. The highest BCUT2D eigenvalue weighted by Crippen LogP contribution is 2.38. The molecule has 20 heavy (non-hydrogen) atoms. The van der Waals surface area contributed by atoms with Crippen LogP contribution in [0.15, 0.2) is 11.8 Å². The maximum Gasteiger partial charge on any atom is 0.524 e. The summed E-state index contributed by atoms with van der Waals surface area (Å²) in [5.74, 6) is 0. The second-order valence-corrected chi connectivity index (χ2v) is 8.14. The van der Waals surface area contributed by atoms with Crippen molar-refractivity contribution < 1.29 is 22.1 Å². The Bertz CT molecular complexity index is 474. The number of allylic oxidation sites excluding steroid dienone is 1. The summed E-state index contributed by atoms with van der Waals surface area (Å²) in [4.78, 5) is 0. The first-order valence-corrected chi connectivity index (χ1v) is 8.20. The van der Waals surface area contributed by atoms with Crippen LogP contribution in [0, 0.1) is 0 Å². The lowest BCUT2D eigenvalue weighted by atomic mass is 9.87. The lowest BCUT2D eigenvalue weighted by Crippen LogP contribution is -2.41. The quantitative estimate of drug-likeness (QED) is 0.787. The molecule has 0 bridgehead atoms. The van der Waals surface area contributed by atoms with Gasteiger partial charge in [-0.25, -0.2) is 17.9 Å². The highest BCUT2D eigenvalue weighted by atomic mass is 32.2. The van der Waals surface area contributed by atoms with Gasteiger partial charge in [0.1, 0.15) is 5.73 Å². The topological polar surface area (TPSA) is 78.6 Å². The number of rotatable bonds is 5. The van der Waals surface area contributed by atoms with Gasteiger partial charge in [-0.3, -0.25) is 0 Å². The van der Waals surface area contributed by atoms with E-state index in [1.807, 2.05) is 27.7 Å². The fourth-order valence-corrected chi connectivity index (χ4v) is 2.14. The number of nitrogens with two attached hydrogens (primary N) is 1. The minimum Gasteiger partial charge on any atom is -0.398 e. The molecule has 0 radical (unpaired) electrons. The minimum absolute atomic E-state index is 0.256. The minimum atomic E-state index is -3.57. The van der Waals surface area contributed by atoms with Gasteiger partial charge in [0, 0.05) is 0 Å². The molecule has 5 nitrogen and oxygen atoms in total. The van der Waals surface area contributed by atoms with Gasteiger partial charge in [-0.15, -0.1) is 0 Å². The molecule has 2 N–H and O–H groups in total. The summed E-state index contributed by atoms with van der Waals surface area (Å²) in [5.41, 5.74) is -1.74. The summed E-state index contributed by atoms with van der Waals surface area (Å²) in [6.45, 7) is 8.84. The molecule has 1 aliphatic heterocycles. The second-order valence-electron chi connectivity index (χ2n) is 6.15. The maximum absolute atomic E-state index is 14.0. The molecule has 1 saturated heterocycles. The molecule has 0 aromatic carbocycles. The standard InChI is InChI=1S/C12H23BFNO4S/c1-9(20(15,16)17)7-6-8-10(14)13-18-11(2,3)12(4,5)19-13/h8-9H,6-7H2,1-5H3,(H2,15,16,17)/b10-8-. The highest BCUT2D eigenvalue weighted by molar-refractivity contribution is 7.89. The number of halogens is 1. The van der Waals surface area contributed by atoms with Crippen molar-refractivity contribution in [1.29, 1.82) is 0 Å². The predicted molar refractivity (Wildman–Crippen MR) is 77.1 cm³/mol. The van der Waals surface area contributed by atoms with Gasteiger partial charge in [0.2, 0.25) is 10.0 Å². The van der Waals surface area contributed by atoms with E-state index in [4.69, 9.17) is 14.4 Å². The van der Waals surface area contributed by atoms with Crippen LogP contribution in [-0.2, 0) is 19.3 Å². The van der Waals surface area contributed by atoms with E-state index in [1.165, 1.54) is 13.0 Å². The third-order valence-corrected chi connectivity index (χ3v) is 5.31. The Kier molecular flexibility index (Phi) is 5.06. The molecule has 1 rings (SSSR count). The first-order chi connectivity index (χ1) is 8.87. The van der Waals surface area contributed by atoms with Crippen molar-refractivity contribution in [2.75, 3.05) is 0 Å². The van der Waals surface area contributed by atoms with E-state index in [2.05, 4.69) is 0 Å². The molecular formula is C12H23BFNO4S. The first kappa shape index (κ1) is 17.6. The summed E-state index contributed by atoms with van der Waals surface area (Å²) in [6, 6.07) is 0. The first-order valence-electron chi connectivity index (χ1n) is 6.59. The lowest BCUT2D eigenvalue weighted by molar-refractivity contribution is 0.00578. The van der Waals surface area contributed by atoms with Crippen molar-refractivity contribution in [2.45, 2.75) is 63.9 Å². The van der Waals surface area contributed by atoms with Crippen LogP contribution in [0.3, 0.4) is 0 Å². The van der Waals surface area contributed by atoms with E-state index in [1.54, 1.807) is 0 Å². The summed E-state index contributed by atoms with van der Waals surface area (Å²) >= 11 is 0. The Balaban J connectivity index is 2.60. The van der Waals surface area contributed by atoms with E-state index < -0.39 is 39.3 Å². The molecule has 0 amide bonds. The molecular weight excluding hydrogens is 284 g/mol. The summed E-state index contributed by atoms with van der Waals surface area (Å²) < 4.78 is 47.2. The number of hydrogen-bond acceptors (Lipinski definition) is 4. The Morgan fingerprint density at radius 1 is 1.30 bits per heavy atom. The van der Waals surface area contributed by atoms with E-state index in [0.717, 1.165) is 0 Å². The molecule has 0 aromatic heterocycles. The van der Waals surface area contributed by atoms with Gasteiger partial charge < -0.3 is 9.31 Å². The van der Waals surface area contributed by atoms with E-state index in [-0.39, 0.29) is 12.8 Å². The molecule has 0 aromatic rings. The third-order valence-electron chi connectivity index (χ3n) is 3.95. The van der Waals surface area contributed by atoms with Gasteiger partial charge in [-0.1, -0.05) is 6.08 Å². The van der Waals surface area contributed by atoms with E-state index in [0.29, 0.717) is 0 Å². The van der Waals surface area contributed by atoms with Crippen molar-refractivity contribution in [1.82, 2.24) is 0 Å². The van der Waals surface area contributed by atoms with Gasteiger partial charge >= 0.3 is 7.12 Å². The van der Waals surface area contributed by atoms with Crippen molar-refractivity contribution in [3.8, 4) is 0 Å². The largest absolute Gasteiger partial charge is 0.524 e. The molecule has 1 heterocycles. The van der Waals surface area contributed by atoms with Gasteiger partial charge in [0.15, 0.2) is 0 Å². The molecule has 1 unspecified atom stereocenters. The molecule has 1 atom stereocenters. The molecule has 116 valence electrons. The average molecular weight is 307 g/mol. The molecule has 0 spiro atoms. The second kappa shape index (κ2) is 5.75. The molecule has 1 fully saturated rings. The van der Waals surface area contributed by atoms with E-state index >= 15 is 0 Å². The summed E-state index contributed by atoms with van der Waals surface area (Å²) in [7, 11) is -4.61. The van der Waals surface area contributed by atoms with Crippen molar-refractivity contribution >= 4 is 17.1 Å². The van der Waals surface area contributed by atoms with Gasteiger partial charge in [0.05, 0.1) is 16.5 Å². The third kappa shape index (κ3) is 4.03. The Morgan fingerprint density at radius 3 is 2.15 bits per heavy atom.